The Balaban J connectivity index is 1.42. The molecule has 180 valence electrons. The molecule has 2 aliphatic heterocycles. The number of nitrogens with zero attached hydrogens (tertiary/aromatic N) is 3. The van der Waals surface area contributed by atoms with Gasteiger partial charge in [-0.1, -0.05) is 44.2 Å². The predicted octanol–water partition coefficient (Wildman–Crippen LogP) is 4.38. The maximum absolute atomic E-state index is 13.7. The van der Waals surface area contributed by atoms with Crippen LogP contribution in [0.3, 0.4) is 0 Å². The van der Waals surface area contributed by atoms with Gasteiger partial charge < -0.3 is 9.67 Å². The summed E-state index contributed by atoms with van der Waals surface area (Å²) in [5.74, 6) is 0.277. The van der Waals surface area contributed by atoms with Crippen LogP contribution in [-0.4, -0.2) is 49.4 Å². The molecule has 2 saturated carbocycles. The number of carbonyl (C=O) groups is 1. The van der Waals surface area contributed by atoms with Crippen molar-refractivity contribution in [3.05, 3.63) is 40.3 Å². The Morgan fingerprint density at radius 3 is 2.38 bits per heavy atom. The number of aliphatic carboxylic acids is 1. The normalized spacial score (nSPS) is 33.5. The van der Waals surface area contributed by atoms with E-state index in [4.69, 9.17) is 5.41 Å². The quantitative estimate of drug-likeness (QED) is 0.657. The van der Waals surface area contributed by atoms with Crippen molar-refractivity contribution in [3.8, 4) is 0 Å². The molecule has 1 aromatic carbocycles. The molecule has 5 atom stereocenters. The highest BCUT2D eigenvalue weighted by molar-refractivity contribution is 6.40. The zero-order valence-electron chi connectivity index (χ0n) is 19.7. The Kier molecular flexibility index (Phi) is 5.55. The van der Waals surface area contributed by atoms with Crippen LogP contribution < -0.4 is 5.56 Å². The SMILES string of the molecule is N=C(C(=O)O)c1nc2ccccc2n([C@@H]2C[C@@H]3CCC[C@H]2N3C2CC3CCCCC(C3)C2)c1=O. The molecule has 0 spiro atoms. The van der Waals surface area contributed by atoms with Crippen LogP contribution in [0.25, 0.3) is 11.0 Å². The van der Waals surface area contributed by atoms with E-state index in [-0.39, 0.29) is 11.7 Å². The highest BCUT2D eigenvalue weighted by Crippen LogP contribution is 2.49. The number of hydrogen-bond acceptors (Lipinski definition) is 5. The molecular weight excluding hydrogens is 428 g/mol. The van der Waals surface area contributed by atoms with Crippen LogP contribution in [0, 0.1) is 17.2 Å². The minimum atomic E-state index is -1.41. The number of fused-ring (bicyclic) bond motifs is 5. The number of piperidine rings is 1. The molecule has 6 rings (SSSR count). The van der Waals surface area contributed by atoms with E-state index in [1.54, 1.807) is 0 Å². The van der Waals surface area contributed by atoms with Crippen molar-refractivity contribution in [2.24, 2.45) is 11.8 Å². The molecule has 1 aromatic heterocycles. The van der Waals surface area contributed by atoms with Gasteiger partial charge in [0.25, 0.3) is 5.56 Å². The van der Waals surface area contributed by atoms with Crippen LogP contribution in [0.15, 0.2) is 29.1 Å². The van der Waals surface area contributed by atoms with Gasteiger partial charge in [-0.3, -0.25) is 15.1 Å². The molecule has 2 N–H and O–H groups in total. The third-order valence-electron chi connectivity index (χ3n) is 9.15. The second-order valence-electron chi connectivity index (χ2n) is 11.1. The Hall–Kier alpha value is -2.54. The minimum absolute atomic E-state index is 0.00259. The predicted molar refractivity (Wildman–Crippen MR) is 130 cm³/mol. The molecule has 0 amide bonds. The monoisotopic (exact) mass is 462 g/mol. The highest BCUT2D eigenvalue weighted by Gasteiger charge is 2.49. The third-order valence-corrected chi connectivity index (χ3v) is 9.15. The van der Waals surface area contributed by atoms with E-state index in [9.17, 15) is 14.7 Å². The second kappa shape index (κ2) is 8.59. The Labute approximate surface area is 199 Å². The molecule has 4 aliphatic rings. The van der Waals surface area contributed by atoms with Gasteiger partial charge in [-0.05, 0) is 62.5 Å². The van der Waals surface area contributed by atoms with Gasteiger partial charge in [-0.15, -0.1) is 0 Å². The first-order valence-corrected chi connectivity index (χ1v) is 13.1. The van der Waals surface area contributed by atoms with Crippen molar-refractivity contribution in [1.82, 2.24) is 14.5 Å². The first kappa shape index (κ1) is 22.0. The van der Waals surface area contributed by atoms with E-state index in [2.05, 4.69) is 9.88 Å². The second-order valence-corrected chi connectivity index (χ2v) is 11.1. The van der Waals surface area contributed by atoms with Gasteiger partial charge in [0.1, 0.15) is 0 Å². The number of hydrogen-bond donors (Lipinski definition) is 2. The zero-order valence-corrected chi connectivity index (χ0v) is 19.7. The summed E-state index contributed by atoms with van der Waals surface area (Å²) in [5, 5.41) is 17.5. The lowest BCUT2D eigenvalue weighted by atomic mass is 9.76. The largest absolute Gasteiger partial charge is 0.476 e. The molecule has 0 radical (unpaired) electrons. The van der Waals surface area contributed by atoms with Crippen LogP contribution in [0.1, 0.15) is 82.4 Å². The number of carboxylic acid groups (broad SMARTS) is 1. The summed E-state index contributed by atoms with van der Waals surface area (Å²) in [5.41, 5.74) is -0.0634. The number of nitrogens with one attached hydrogen (secondary N) is 1. The number of benzene rings is 1. The first-order valence-electron chi connectivity index (χ1n) is 13.1. The Morgan fingerprint density at radius 1 is 0.912 bits per heavy atom. The fraction of sp³-hybridized carbons (Fsp3) is 0.630. The van der Waals surface area contributed by atoms with Crippen molar-refractivity contribution in [3.63, 3.8) is 0 Å². The van der Waals surface area contributed by atoms with Crippen LogP contribution in [-0.2, 0) is 4.79 Å². The number of aromatic nitrogens is 2. The van der Waals surface area contributed by atoms with Crippen molar-refractivity contribution in [2.45, 2.75) is 94.8 Å². The molecule has 7 nitrogen and oxygen atoms in total. The molecular formula is C27H34N4O3. The smallest absolute Gasteiger partial charge is 0.356 e. The molecule has 3 heterocycles. The van der Waals surface area contributed by atoms with Gasteiger partial charge in [-0.25, -0.2) is 9.78 Å². The summed E-state index contributed by atoms with van der Waals surface area (Å²) >= 11 is 0. The molecule has 7 heteroatoms. The summed E-state index contributed by atoms with van der Waals surface area (Å²) in [7, 11) is 0. The van der Waals surface area contributed by atoms with E-state index < -0.39 is 17.2 Å². The van der Waals surface area contributed by atoms with Gasteiger partial charge in [0, 0.05) is 18.1 Å². The van der Waals surface area contributed by atoms with E-state index in [1.165, 1.54) is 57.8 Å². The van der Waals surface area contributed by atoms with Crippen molar-refractivity contribution < 1.29 is 9.90 Å². The van der Waals surface area contributed by atoms with Crippen LogP contribution >= 0.6 is 0 Å². The van der Waals surface area contributed by atoms with Crippen molar-refractivity contribution in [1.29, 1.82) is 5.41 Å². The molecule has 34 heavy (non-hydrogen) atoms. The maximum Gasteiger partial charge on any atom is 0.356 e. The highest BCUT2D eigenvalue weighted by atomic mass is 16.4. The van der Waals surface area contributed by atoms with Crippen molar-refractivity contribution >= 4 is 22.7 Å². The number of carboxylic acids is 1. The standard InChI is InChI=1S/C27H34N4O3/c28-24(27(33)34)25-26(32)31(21-10-4-3-9-20(21)29-25)23-15-18-8-5-11-22(23)30(18)19-13-16-6-1-2-7-17(12-16)14-19/h3-4,9-10,16-19,22-23,28H,1-2,5-8,11-15H2,(H,33,34)/t16?,17?,18-,19?,22+,23+/m0/s1. The third kappa shape index (κ3) is 3.60. The summed E-state index contributed by atoms with van der Waals surface area (Å²) in [4.78, 5) is 32.3. The van der Waals surface area contributed by atoms with E-state index >= 15 is 0 Å². The van der Waals surface area contributed by atoms with Crippen molar-refractivity contribution in [2.75, 3.05) is 0 Å². The van der Waals surface area contributed by atoms with Gasteiger partial charge in [0.15, 0.2) is 11.4 Å². The topological polar surface area (TPSA) is 99.3 Å². The Bertz CT molecular complexity index is 1180. The first-order chi connectivity index (χ1) is 16.5. The average molecular weight is 463 g/mol. The molecule has 2 aliphatic carbocycles. The Morgan fingerprint density at radius 2 is 1.65 bits per heavy atom. The lowest BCUT2D eigenvalue weighted by Gasteiger charge is -2.46. The van der Waals surface area contributed by atoms with Gasteiger partial charge in [-0.2, -0.15) is 0 Å². The zero-order chi connectivity index (χ0) is 23.4. The summed E-state index contributed by atoms with van der Waals surface area (Å²) in [6.45, 7) is 0. The molecule has 2 saturated heterocycles. The van der Waals surface area contributed by atoms with Gasteiger partial charge >= 0.3 is 5.97 Å². The lowest BCUT2D eigenvalue weighted by molar-refractivity contribution is -0.129. The molecule has 2 unspecified atom stereocenters. The molecule has 2 aromatic rings. The van der Waals surface area contributed by atoms with Gasteiger partial charge in [0.2, 0.25) is 0 Å². The molecule has 4 bridgehead atoms. The molecule has 4 fully saturated rings. The van der Waals surface area contributed by atoms with Gasteiger partial charge in [0.05, 0.1) is 17.1 Å². The van der Waals surface area contributed by atoms with Crippen LogP contribution in [0.5, 0.6) is 0 Å². The summed E-state index contributed by atoms with van der Waals surface area (Å²) in [6.07, 6.45) is 13.8. The minimum Gasteiger partial charge on any atom is -0.476 e. The fourth-order valence-corrected chi connectivity index (χ4v) is 7.90. The number of para-hydroxylation sites is 2. The van der Waals surface area contributed by atoms with E-state index in [0.29, 0.717) is 23.6 Å². The summed E-state index contributed by atoms with van der Waals surface area (Å²) < 4.78 is 1.81. The van der Waals surface area contributed by atoms with Crippen LogP contribution in [0.4, 0.5) is 0 Å². The van der Waals surface area contributed by atoms with E-state index in [0.717, 1.165) is 30.2 Å². The van der Waals surface area contributed by atoms with E-state index in [1.807, 2.05) is 28.8 Å². The fourth-order valence-electron chi connectivity index (χ4n) is 7.90. The number of rotatable bonds is 4. The summed E-state index contributed by atoms with van der Waals surface area (Å²) in [6, 6.07) is 8.86. The van der Waals surface area contributed by atoms with Crippen LogP contribution in [0.2, 0.25) is 0 Å². The maximum atomic E-state index is 13.7. The lowest BCUT2D eigenvalue weighted by Crippen LogP contribution is -2.51. The average Bonchev–Trinajstić information content (AvgIpc) is 2.94.